The second kappa shape index (κ2) is 10.4. The minimum absolute atomic E-state index is 0.124. The molecule has 1 saturated heterocycles. The van der Waals surface area contributed by atoms with Gasteiger partial charge in [-0.3, -0.25) is 15.0 Å². The molecule has 2 aliphatic heterocycles. The molecule has 0 radical (unpaired) electrons. The van der Waals surface area contributed by atoms with E-state index in [0.29, 0.717) is 37.8 Å². The predicted octanol–water partition coefficient (Wildman–Crippen LogP) is 3.72. The lowest BCUT2D eigenvalue weighted by Crippen LogP contribution is -2.48. The summed E-state index contributed by atoms with van der Waals surface area (Å²) in [6.07, 6.45) is 2.81. The van der Waals surface area contributed by atoms with Crippen LogP contribution in [0, 0.1) is 5.92 Å². The maximum atomic E-state index is 13.2. The van der Waals surface area contributed by atoms with Crippen LogP contribution in [0.5, 0.6) is 5.75 Å². The summed E-state index contributed by atoms with van der Waals surface area (Å²) in [5, 5.41) is 1.83. The van der Waals surface area contributed by atoms with Gasteiger partial charge in [-0.15, -0.1) is 0 Å². The molecule has 3 aliphatic rings. The molecule has 0 unspecified atom stereocenters. The lowest BCUT2D eigenvalue weighted by molar-refractivity contribution is -0.134. The van der Waals surface area contributed by atoms with E-state index in [1.807, 2.05) is 40.2 Å². The molecule has 2 fully saturated rings. The first-order valence-corrected chi connectivity index (χ1v) is 13.0. The highest BCUT2D eigenvalue weighted by Gasteiger charge is 2.39. The van der Waals surface area contributed by atoms with Crippen LogP contribution in [0.3, 0.4) is 0 Å². The number of morpholine rings is 1. The molecule has 1 atom stereocenters. The highest BCUT2D eigenvalue weighted by atomic mass is 16.5. The molecule has 37 heavy (non-hydrogen) atoms. The van der Waals surface area contributed by atoms with Crippen molar-refractivity contribution in [2.75, 3.05) is 32.8 Å². The SMILES string of the molecule is O=C(NN1CCOCC1)c1ccc(COc2ccc3c(c2)[C@H](c2ccccc2)N(C(=O)C2CC2)CC3)o1. The van der Waals surface area contributed by atoms with Crippen LogP contribution in [0.1, 0.15) is 51.9 Å². The van der Waals surface area contributed by atoms with Crippen LogP contribution in [-0.4, -0.2) is 54.6 Å². The van der Waals surface area contributed by atoms with E-state index in [2.05, 4.69) is 23.6 Å². The third kappa shape index (κ3) is 5.26. The maximum Gasteiger partial charge on any atom is 0.301 e. The summed E-state index contributed by atoms with van der Waals surface area (Å²) >= 11 is 0. The maximum absolute atomic E-state index is 13.2. The summed E-state index contributed by atoms with van der Waals surface area (Å²) in [5.74, 6) is 1.65. The Morgan fingerprint density at radius 1 is 0.973 bits per heavy atom. The van der Waals surface area contributed by atoms with Crippen molar-refractivity contribution < 1.29 is 23.5 Å². The topological polar surface area (TPSA) is 84.3 Å². The molecule has 3 aromatic rings. The monoisotopic (exact) mass is 501 g/mol. The van der Waals surface area contributed by atoms with Gasteiger partial charge in [0.25, 0.3) is 0 Å². The number of hydrazine groups is 1. The Morgan fingerprint density at radius 2 is 1.78 bits per heavy atom. The number of amides is 2. The summed E-state index contributed by atoms with van der Waals surface area (Å²) in [4.78, 5) is 27.7. The van der Waals surface area contributed by atoms with Crippen molar-refractivity contribution in [3.8, 4) is 5.75 Å². The number of carbonyl (C=O) groups excluding carboxylic acids is 2. The van der Waals surface area contributed by atoms with Crippen molar-refractivity contribution >= 4 is 11.8 Å². The smallest absolute Gasteiger partial charge is 0.301 e. The standard InChI is InChI=1S/C29H31N3O5/c33-28(30-31-14-16-35-17-15-31)26-11-10-24(37-26)19-36-23-9-8-20-12-13-32(29(34)22-6-7-22)27(25(20)18-23)21-4-2-1-3-5-21/h1-5,8-11,18,22,27H,6-7,12-17,19H2,(H,30,33)/t27-/m0/s1. The zero-order chi connectivity index (χ0) is 25.2. The second-order valence-electron chi connectivity index (χ2n) is 9.82. The minimum Gasteiger partial charge on any atom is -0.486 e. The minimum atomic E-state index is -0.284. The molecule has 192 valence electrons. The molecule has 1 N–H and O–H groups in total. The molecule has 1 aromatic heterocycles. The first-order valence-electron chi connectivity index (χ1n) is 13.0. The van der Waals surface area contributed by atoms with Crippen molar-refractivity contribution in [3.05, 3.63) is 88.9 Å². The van der Waals surface area contributed by atoms with Crippen LogP contribution in [-0.2, 0) is 22.6 Å². The van der Waals surface area contributed by atoms with Gasteiger partial charge in [0.05, 0.1) is 19.3 Å². The largest absolute Gasteiger partial charge is 0.486 e. The number of ether oxygens (including phenoxy) is 2. The average Bonchev–Trinajstić information content (AvgIpc) is 3.68. The average molecular weight is 502 g/mol. The molecule has 1 saturated carbocycles. The van der Waals surface area contributed by atoms with E-state index >= 15 is 0 Å². The number of nitrogens with zero attached hydrogens (tertiary/aromatic N) is 2. The summed E-state index contributed by atoms with van der Waals surface area (Å²) in [6, 6.07) is 19.6. The first-order chi connectivity index (χ1) is 18.2. The number of rotatable bonds is 7. The first kappa shape index (κ1) is 23.8. The fraction of sp³-hybridized carbons (Fsp3) is 0.379. The van der Waals surface area contributed by atoms with Crippen LogP contribution in [0.25, 0.3) is 0 Å². The van der Waals surface area contributed by atoms with E-state index in [1.165, 1.54) is 5.56 Å². The second-order valence-corrected chi connectivity index (χ2v) is 9.82. The Labute approximate surface area is 216 Å². The number of nitrogens with one attached hydrogen (secondary N) is 1. The molecule has 3 heterocycles. The van der Waals surface area contributed by atoms with Gasteiger partial charge in [0.1, 0.15) is 18.1 Å². The van der Waals surface area contributed by atoms with Gasteiger partial charge in [-0.25, -0.2) is 5.01 Å². The normalized spacial score (nSPS) is 19.8. The van der Waals surface area contributed by atoms with E-state index in [9.17, 15) is 9.59 Å². The van der Waals surface area contributed by atoms with Crippen LogP contribution in [0.15, 0.2) is 65.1 Å². The van der Waals surface area contributed by atoms with Crippen molar-refractivity contribution in [2.45, 2.75) is 31.9 Å². The Kier molecular flexibility index (Phi) is 6.68. The highest BCUT2D eigenvalue weighted by Crippen LogP contribution is 2.41. The van der Waals surface area contributed by atoms with Gasteiger partial charge in [-0.1, -0.05) is 36.4 Å². The van der Waals surface area contributed by atoms with E-state index in [4.69, 9.17) is 13.9 Å². The Balaban J connectivity index is 1.17. The Bertz CT molecular complexity index is 1260. The molecule has 6 rings (SSSR count). The predicted molar refractivity (Wildman–Crippen MR) is 136 cm³/mol. The molecule has 2 aromatic carbocycles. The number of carbonyl (C=O) groups is 2. The van der Waals surface area contributed by atoms with Crippen LogP contribution in [0.4, 0.5) is 0 Å². The zero-order valence-electron chi connectivity index (χ0n) is 20.7. The van der Waals surface area contributed by atoms with Crippen LogP contribution < -0.4 is 10.2 Å². The van der Waals surface area contributed by atoms with Crippen LogP contribution in [0.2, 0.25) is 0 Å². The fourth-order valence-electron chi connectivity index (χ4n) is 5.09. The van der Waals surface area contributed by atoms with Gasteiger partial charge in [0.15, 0.2) is 5.76 Å². The van der Waals surface area contributed by atoms with Crippen molar-refractivity contribution in [3.63, 3.8) is 0 Å². The van der Waals surface area contributed by atoms with Crippen LogP contribution >= 0.6 is 0 Å². The number of hydrogen-bond donors (Lipinski definition) is 1. The van der Waals surface area contributed by atoms with E-state index in [1.54, 1.807) is 12.1 Å². The van der Waals surface area contributed by atoms with Gasteiger partial charge in [-0.2, -0.15) is 0 Å². The highest BCUT2D eigenvalue weighted by molar-refractivity contribution is 5.91. The van der Waals surface area contributed by atoms with Gasteiger partial charge in [0, 0.05) is 25.6 Å². The Morgan fingerprint density at radius 3 is 2.57 bits per heavy atom. The zero-order valence-corrected chi connectivity index (χ0v) is 20.7. The summed E-state index contributed by atoms with van der Waals surface area (Å²) in [5.41, 5.74) is 6.30. The van der Waals surface area contributed by atoms with Gasteiger partial charge in [-0.05, 0) is 60.2 Å². The molecule has 0 spiro atoms. The molecule has 0 bridgehead atoms. The van der Waals surface area contributed by atoms with Gasteiger partial charge < -0.3 is 18.8 Å². The summed E-state index contributed by atoms with van der Waals surface area (Å²) in [7, 11) is 0. The fourth-order valence-corrected chi connectivity index (χ4v) is 5.09. The van der Waals surface area contributed by atoms with Crippen molar-refractivity contribution in [1.29, 1.82) is 0 Å². The number of furan rings is 1. The van der Waals surface area contributed by atoms with Crippen molar-refractivity contribution in [2.24, 2.45) is 5.92 Å². The lowest BCUT2D eigenvalue weighted by atomic mass is 9.87. The van der Waals surface area contributed by atoms with E-state index < -0.39 is 0 Å². The number of fused-ring (bicyclic) bond motifs is 1. The number of hydrogen-bond acceptors (Lipinski definition) is 6. The van der Waals surface area contributed by atoms with E-state index in [-0.39, 0.29) is 36.1 Å². The Hall–Kier alpha value is -3.62. The quantitative estimate of drug-likeness (QED) is 0.531. The molecular weight excluding hydrogens is 470 g/mol. The van der Waals surface area contributed by atoms with Crippen molar-refractivity contribution in [1.82, 2.24) is 15.3 Å². The van der Waals surface area contributed by atoms with Gasteiger partial charge in [0.2, 0.25) is 5.91 Å². The summed E-state index contributed by atoms with van der Waals surface area (Å²) < 4.78 is 17.1. The molecular formula is C29H31N3O5. The summed E-state index contributed by atoms with van der Waals surface area (Å²) in [6.45, 7) is 3.41. The van der Waals surface area contributed by atoms with Gasteiger partial charge >= 0.3 is 5.91 Å². The molecule has 2 amide bonds. The molecule has 8 heteroatoms. The third-order valence-electron chi connectivity index (χ3n) is 7.21. The number of benzene rings is 2. The molecule has 1 aliphatic carbocycles. The third-order valence-corrected chi connectivity index (χ3v) is 7.21. The van der Waals surface area contributed by atoms with E-state index in [0.717, 1.165) is 36.9 Å². The lowest BCUT2D eigenvalue weighted by Gasteiger charge is -2.38. The molecule has 8 nitrogen and oxygen atoms in total.